The third kappa shape index (κ3) is 4.51. The van der Waals surface area contributed by atoms with Crippen LogP contribution in [0.25, 0.3) is 0 Å². The van der Waals surface area contributed by atoms with Gasteiger partial charge in [0.15, 0.2) is 5.16 Å². The molecule has 0 bridgehead atoms. The molecule has 2 aromatic carbocycles. The zero-order valence-electron chi connectivity index (χ0n) is 14.9. The molecule has 1 heterocycles. The lowest BCUT2D eigenvalue weighted by Gasteiger charge is -2.11. The van der Waals surface area contributed by atoms with Crippen molar-refractivity contribution >= 4 is 46.6 Å². The van der Waals surface area contributed by atoms with Gasteiger partial charge in [-0.05, 0) is 30.5 Å². The number of hydrogen-bond donors (Lipinski definition) is 1. The van der Waals surface area contributed by atoms with Gasteiger partial charge in [-0.25, -0.2) is 0 Å². The Bertz CT molecular complexity index is 969. The van der Waals surface area contributed by atoms with Gasteiger partial charge in [-0.1, -0.05) is 71.4 Å². The average molecular weight is 433 g/mol. The number of carbonyl (C=O) groups excluding carboxylic acids is 1. The summed E-state index contributed by atoms with van der Waals surface area (Å²) >= 11 is 13.6. The first-order chi connectivity index (χ1) is 13.6. The third-order valence-electron chi connectivity index (χ3n) is 4.43. The van der Waals surface area contributed by atoms with E-state index in [2.05, 4.69) is 32.2 Å². The molecule has 1 fully saturated rings. The molecule has 0 atom stereocenters. The third-order valence-corrected chi connectivity index (χ3v) is 6.03. The molecule has 0 unspecified atom stereocenters. The van der Waals surface area contributed by atoms with E-state index in [4.69, 9.17) is 23.2 Å². The normalized spacial score (nSPS) is 13.5. The van der Waals surface area contributed by atoms with Crippen molar-refractivity contribution in [2.45, 2.75) is 30.5 Å². The number of hydrogen-bond acceptors (Lipinski definition) is 4. The van der Waals surface area contributed by atoms with Gasteiger partial charge in [0.1, 0.15) is 5.82 Å². The monoisotopic (exact) mass is 432 g/mol. The lowest BCUT2D eigenvalue weighted by atomic mass is 10.2. The molecule has 8 heteroatoms. The number of thioether (sulfide) groups is 1. The van der Waals surface area contributed by atoms with Crippen molar-refractivity contribution in [3.63, 3.8) is 0 Å². The molecule has 5 nitrogen and oxygen atoms in total. The number of benzene rings is 2. The Balaban J connectivity index is 1.46. The fraction of sp³-hybridized carbons (Fsp3) is 0.250. The summed E-state index contributed by atoms with van der Waals surface area (Å²) in [6.45, 7) is 0.694. The van der Waals surface area contributed by atoms with E-state index in [1.807, 2.05) is 18.2 Å². The van der Waals surface area contributed by atoms with Gasteiger partial charge in [-0.15, -0.1) is 10.2 Å². The van der Waals surface area contributed by atoms with E-state index < -0.39 is 0 Å². The van der Waals surface area contributed by atoms with E-state index in [0.717, 1.165) is 23.8 Å². The van der Waals surface area contributed by atoms with Gasteiger partial charge in [-0.3, -0.25) is 4.79 Å². The van der Waals surface area contributed by atoms with E-state index in [1.165, 1.54) is 17.3 Å². The van der Waals surface area contributed by atoms with E-state index >= 15 is 0 Å². The van der Waals surface area contributed by atoms with Gasteiger partial charge in [0.25, 0.3) is 0 Å². The van der Waals surface area contributed by atoms with Crippen LogP contribution >= 0.6 is 35.0 Å². The summed E-state index contributed by atoms with van der Waals surface area (Å²) in [5.41, 5.74) is 1.61. The van der Waals surface area contributed by atoms with Crippen molar-refractivity contribution in [3.8, 4) is 0 Å². The number of anilines is 1. The van der Waals surface area contributed by atoms with Crippen LogP contribution in [0, 0.1) is 0 Å². The molecular weight excluding hydrogens is 415 g/mol. The minimum atomic E-state index is -0.192. The minimum Gasteiger partial charge on any atom is -0.323 e. The second-order valence-electron chi connectivity index (χ2n) is 6.62. The maximum absolute atomic E-state index is 12.4. The van der Waals surface area contributed by atoms with Crippen molar-refractivity contribution in [3.05, 3.63) is 70.0 Å². The molecule has 28 heavy (non-hydrogen) atoms. The molecule has 1 aromatic heterocycles. The molecule has 0 aliphatic heterocycles. The standard InChI is InChI=1S/C20H18Cl2N4OS/c21-15-7-4-8-16(22)18(15)23-17(27)12-28-20-25-24-19(14-9-10-14)26(20)11-13-5-2-1-3-6-13/h1-8,14H,9-12H2,(H,23,27). The zero-order chi connectivity index (χ0) is 19.5. The van der Waals surface area contributed by atoms with Crippen LogP contribution in [-0.2, 0) is 11.3 Å². The number of carbonyl (C=O) groups is 1. The predicted octanol–water partition coefficient (Wildman–Crippen LogP) is 5.24. The number of nitrogens with one attached hydrogen (secondary N) is 1. The first-order valence-electron chi connectivity index (χ1n) is 8.95. The molecule has 3 aromatic rings. The van der Waals surface area contributed by atoms with Gasteiger partial charge in [-0.2, -0.15) is 0 Å². The van der Waals surface area contributed by atoms with Crippen molar-refractivity contribution in [1.29, 1.82) is 0 Å². The molecule has 1 amide bonds. The van der Waals surface area contributed by atoms with Crippen molar-refractivity contribution in [2.75, 3.05) is 11.1 Å². The minimum absolute atomic E-state index is 0.192. The number of nitrogens with zero attached hydrogens (tertiary/aromatic N) is 3. The Kier molecular flexibility index (Phi) is 5.90. The summed E-state index contributed by atoms with van der Waals surface area (Å²) < 4.78 is 2.12. The number of halogens is 2. The van der Waals surface area contributed by atoms with Crippen LogP contribution in [0.4, 0.5) is 5.69 Å². The lowest BCUT2D eigenvalue weighted by Crippen LogP contribution is -2.15. The van der Waals surface area contributed by atoms with Gasteiger partial charge >= 0.3 is 0 Å². The molecule has 1 saturated carbocycles. The SMILES string of the molecule is O=C(CSc1nnc(C2CC2)n1Cc1ccccc1)Nc1c(Cl)cccc1Cl. The van der Waals surface area contributed by atoms with Crippen molar-refractivity contribution < 1.29 is 4.79 Å². The summed E-state index contributed by atoms with van der Waals surface area (Å²) in [5.74, 6) is 1.48. The molecule has 144 valence electrons. The number of aromatic nitrogens is 3. The van der Waals surface area contributed by atoms with Gasteiger partial charge < -0.3 is 9.88 Å². The largest absolute Gasteiger partial charge is 0.323 e. The highest BCUT2D eigenvalue weighted by Crippen LogP contribution is 2.40. The summed E-state index contributed by atoms with van der Waals surface area (Å²) in [7, 11) is 0. The average Bonchev–Trinajstić information content (AvgIpc) is 3.46. The summed E-state index contributed by atoms with van der Waals surface area (Å²) in [4.78, 5) is 12.4. The second-order valence-corrected chi connectivity index (χ2v) is 8.38. The maximum Gasteiger partial charge on any atom is 0.234 e. The number of amides is 1. The molecule has 0 saturated heterocycles. The molecule has 0 spiro atoms. The molecule has 1 aliphatic carbocycles. The maximum atomic E-state index is 12.4. The summed E-state index contributed by atoms with van der Waals surface area (Å²) in [6.07, 6.45) is 2.28. The van der Waals surface area contributed by atoms with Crippen LogP contribution in [0.5, 0.6) is 0 Å². The number of para-hydroxylation sites is 1. The molecule has 0 radical (unpaired) electrons. The van der Waals surface area contributed by atoms with Crippen LogP contribution in [0.3, 0.4) is 0 Å². The fourth-order valence-electron chi connectivity index (χ4n) is 2.89. The molecule has 1 aliphatic rings. The Labute approximate surface area is 177 Å². The first kappa shape index (κ1) is 19.3. The van der Waals surface area contributed by atoms with Gasteiger partial charge in [0.2, 0.25) is 5.91 Å². The van der Waals surface area contributed by atoms with Crippen LogP contribution in [0.15, 0.2) is 53.7 Å². The summed E-state index contributed by atoms with van der Waals surface area (Å²) in [6, 6.07) is 15.3. The molecular formula is C20H18Cl2N4OS. The predicted molar refractivity (Wildman–Crippen MR) is 113 cm³/mol. The highest BCUT2D eigenvalue weighted by molar-refractivity contribution is 7.99. The highest BCUT2D eigenvalue weighted by Gasteiger charge is 2.30. The lowest BCUT2D eigenvalue weighted by molar-refractivity contribution is -0.113. The summed E-state index contributed by atoms with van der Waals surface area (Å²) in [5, 5.41) is 13.1. The highest BCUT2D eigenvalue weighted by atomic mass is 35.5. The molecule has 4 rings (SSSR count). The van der Waals surface area contributed by atoms with E-state index in [1.54, 1.807) is 18.2 Å². The Morgan fingerprint density at radius 1 is 1.07 bits per heavy atom. The fourth-order valence-corrected chi connectivity index (χ4v) is 4.12. The van der Waals surface area contributed by atoms with Crippen LogP contribution < -0.4 is 5.32 Å². The first-order valence-corrected chi connectivity index (χ1v) is 10.7. The van der Waals surface area contributed by atoms with Gasteiger partial charge in [0.05, 0.1) is 28.0 Å². The second kappa shape index (κ2) is 8.55. The van der Waals surface area contributed by atoms with Gasteiger partial charge in [0, 0.05) is 5.92 Å². The van der Waals surface area contributed by atoms with Crippen LogP contribution in [0.1, 0.15) is 30.1 Å². The van der Waals surface area contributed by atoms with Crippen LogP contribution in [-0.4, -0.2) is 26.4 Å². The zero-order valence-corrected chi connectivity index (χ0v) is 17.3. The number of rotatable bonds is 7. The van der Waals surface area contributed by atoms with E-state index in [0.29, 0.717) is 28.2 Å². The smallest absolute Gasteiger partial charge is 0.234 e. The Hall–Kier alpha value is -2.02. The van der Waals surface area contributed by atoms with Crippen molar-refractivity contribution in [2.24, 2.45) is 0 Å². The van der Waals surface area contributed by atoms with E-state index in [9.17, 15) is 4.79 Å². The van der Waals surface area contributed by atoms with Crippen molar-refractivity contribution in [1.82, 2.24) is 14.8 Å². The van der Waals surface area contributed by atoms with Crippen LogP contribution in [0.2, 0.25) is 10.0 Å². The quantitative estimate of drug-likeness (QED) is 0.518. The molecule has 1 N–H and O–H groups in total. The Morgan fingerprint density at radius 3 is 2.46 bits per heavy atom. The Morgan fingerprint density at radius 2 is 1.79 bits per heavy atom. The topological polar surface area (TPSA) is 59.8 Å². The van der Waals surface area contributed by atoms with E-state index in [-0.39, 0.29) is 11.7 Å².